The Bertz CT molecular complexity index is 2030. The van der Waals surface area contributed by atoms with Crippen molar-refractivity contribution in [3.63, 3.8) is 0 Å². The highest BCUT2D eigenvalue weighted by Crippen LogP contribution is 2.41. The lowest BCUT2D eigenvalue weighted by molar-refractivity contribution is 0.0449. The third kappa shape index (κ3) is 6.97. The van der Waals surface area contributed by atoms with Crippen LogP contribution in [0.25, 0.3) is 33.5 Å². The number of hydrogen-bond donors (Lipinski definition) is 2. The number of nitrogens with one attached hydrogen (secondary N) is 2. The van der Waals surface area contributed by atoms with E-state index in [0.29, 0.717) is 36.0 Å². The Balaban J connectivity index is 1.12. The molecule has 0 bridgehead atoms. The van der Waals surface area contributed by atoms with Crippen LogP contribution in [0.1, 0.15) is 77.6 Å². The minimum atomic E-state index is -0.598. The Labute approximate surface area is 304 Å². The van der Waals surface area contributed by atoms with Crippen LogP contribution in [0.15, 0.2) is 36.4 Å². The molecule has 2 aromatic heterocycles. The molecule has 2 N–H and O–H groups in total. The molecule has 7 rings (SSSR count). The van der Waals surface area contributed by atoms with E-state index in [1.807, 2.05) is 59.2 Å². The minimum absolute atomic E-state index is 0.0975. The van der Waals surface area contributed by atoms with E-state index < -0.39 is 17.3 Å². The van der Waals surface area contributed by atoms with Gasteiger partial charge < -0.3 is 43.8 Å². The molecule has 278 valence electrons. The molecule has 4 aromatic rings. The van der Waals surface area contributed by atoms with Gasteiger partial charge in [-0.1, -0.05) is 12.1 Å². The maximum absolute atomic E-state index is 13.9. The van der Waals surface area contributed by atoms with Gasteiger partial charge in [0.15, 0.2) is 5.82 Å². The molecule has 0 unspecified atom stereocenters. The highest BCUT2D eigenvalue weighted by Gasteiger charge is 2.38. The number of anilines is 1. The van der Waals surface area contributed by atoms with Crippen LogP contribution < -0.4 is 20.3 Å². The number of para-hydroxylation sites is 1. The Morgan fingerprint density at radius 2 is 1.56 bits per heavy atom. The van der Waals surface area contributed by atoms with E-state index in [-0.39, 0.29) is 24.1 Å². The number of imidazole rings is 1. The predicted octanol–water partition coefficient (Wildman–Crippen LogP) is 6.21. The van der Waals surface area contributed by atoms with Crippen LogP contribution in [0.2, 0.25) is 0 Å². The Hall–Kier alpha value is -4.94. The highest BCUT2D eigenvalue weighted by molar-refractivity contribution is 6.01. The first-order valence-corrected chi connectivity index (χ1v) is 18.3. The molecule has 1 saturated carbocycles. The van der Waals surface area contributed by atoms with Crippen LogP contribution in [-0.4, -0.2) is 93.2 Å². The standard InChI is InChI=1S/C39H51N7O6/c1-38(2,3)51-36(48)40-25-12-10-14-44(22-25)35(47)24-17-28-33(31(19-24)50-8)43(7)34(42-28)30-18-23-11-9-13-29-32(23)46(30)16-15-45(29)27-20-26(21-27)41-37(49)52-39(4,5)6/h9,11,13,17-19,25-27H,10,12,14-16,20-22H2,1-8H3,(H,40,48)(H,41,49)/t25-,26?,27?/m1/s1. The van der Waals surface area contributed by atoms with Gasteiger partial charge in [-0.25, -0.2) is 14.6 Å². The summed E-state index contributed by atoms with van der Waals surface area (Å²) >= 11 is 0. The fraction of sp³-hybridized carbons (Fsp3) is 0.538. The monoisotopic (exact) mass is 713 g/mol. The van der Waals surface area contributed by atoms with Gasteiger partial charge in [0.1, 0.15) is 22.5 Å². The molecule has 13 heteroatoms. The predicted molar refractivity (Wildman–Crippen MR) is 200 cm³/mol. The molecule has 1 aliphatic carbocycles. The van der Waals surface area contributed by atoms with E-state index in [1.54, 1.807) is 18.1 Å². The second-order valence-corrected chi connectivity index (χ2v) is 16.3. The van der Waals surface area contributed by atoms with Gasteiger partial charge in [0.25, 0.3) is 5.91 Å². The second kappa shape index (κ2) is 13.2. The molecular formula is C39H51N7O6. The molecule has 0 radical (unpaired) electrons. The first-order chi connectivity index (χ1) is 24.6. The van der Waals surface area contributed by atoms with E-state index in [0.717, 1.165) is 61.2 Å². The van der Waals surface area contributed by atoms with Crippen LogP contribution in [0, 0.1) is 0 Å². The van der Waals surface area contributed by atoms with Crippen molar-refractivity contribution in [3.05, 3.63) is 42.0 Å². The number of methoxy groups -OCH3 is 1. The number of aromatic nitrogens is 3. The van der Waals surface area contributed by atoms with Gasteiger partial charge in [0.2, 0.25) is 0 Å². The normalized spacial score (nSPS) is 20.4. The molecule has 3 amide bonds. The lowest BCUT2D eigenvalue weighted by Gasteiger charge is -2.46. The first kappa shape index (κ1) is 35.5. The van der Waals surface area contributed by atoms with Crippen LogP contribution in [0.4, 0.5) is 15.3 Å². The van der Waals surface area contributed by atoms with E-state index in [4.69, 9.17) is 19.2 Å². The number of nitrogens with zero attached hydrogens (tertiary/aromatic N) is 5. The number of carbonyl (C=O) groups excluding carboxylic acids is 3. The van der Waals surface area contributed by atoms with Gasteiger partial charge >= 0.3 is 12.2 Å². The molecule has 52 heavy (non-hydrogen) atoms. The summed E-state index contributed by atoms with van der Waals surface area (Å²) in [4.78, 5) is 48.0. The fourth-order valence-corrected chi connectivity index (χ4v) is 7.85. The quantitative estimate of drug-likeness (QED) is 0.241. The van der Waals surface area contributed by atoms with Gasteiger partial charge in [-0.2, -0.15) is 0 Å². The number of hydrogen-bond acceptors (Lipinski definition) is 8. The number of piperidine rings is 1. The van der Waals surface area contributed by atoms with Gasteiger partial charge in [-0.05, 0) is 91.5 Å². The summed E-state index contributed by atoms with van der Waals surface area (Å²) in [6.45, 7) is 13.7. The average Bonchev–Trinajstić information content (AvgIpc) is 3.58. The Morgan fingerprint density at radius 3 is 2.23 bits per heavy atom. The summed E-state index contributed by atoms with van der Waals surface area (Å²) in [5.41, 5.74) is 4.21. The number of aryl methyl sites for hydroxylation is 1. The Morgan fingerprint density at radius 1 is 0.865 bits per heavy atom. The maximum atomic E-state index is 13.9. The van der Waals surface area contributed by atoms with Crippen LogP contribution in [-0.2, 0) is 23.1 Å². The lowest BCUT2D eigenvalue weighted by Crippen LogP contribution is -2.55. The fourth-order valence-electron chi connectivity index (χ4n) is 7.85. The number of ether oxygens (including phenoxy) is 3. The van der Waals surface area contributed by atoms with Crippen molar-refractivity contribution in [1.29, 1.82) is 0 Å². The van der Waals surface area contributed by atoms with Crippen molar-refractivity contribution in [2.24, 2.45) is 7.05 Å². The zero-order chi connectivity index (χ0) is 37.1. The smallest absolute Gasteiger partial charge is 0.407 e. The summed E-state index contributed by atoms with van der Waals surface area (Å²) in [7, 11) is 3.60. The van der Waals surface area contributed by atoms with Gasteiger partial charge in [-0.15, -0.1) is 0 Å². The first-order valence-electron chi connectivity index (χ1n) is 18.3. The lowest BCUT2D eigenvalue weighted by atomic mass is 9.85. The summed E-state index contributed by atoms with van der Waals surface area (Å²) in [5.74, 6) is 1.23. The average molecular weight is 714 g/mol. The van der Waals surface area contributed by atoms with Crippen molar-refractivity contribution in [2.75, 3.05) is 31.6 Å². The number of carbonyl (C=O) groups is 3. The van der Waals surface area contributed by atoms with E-state index in [2.05, 4.69) is 44.4 Å². The van der Waals surface area contributed by atoms with Crippen molar-refractivity contribution < 1.29 is 28.6 Å². The van der Waals surface area contributed by atoms with Crippen LogP contribution in [0.3, 0.4) is 0 Å². The highest BCUT2D eigenvalue weighted by atomic mass is 16.6. The minimum Gasteiger partial charge on any atom is -0.494 e. The number of alkyl carbamates (subject to hydrolysis) is 2. The molecule has 4 heterocycles. The summed E-state index contributed by atoms with van der Waals surface area (Å²) in [6.07, 6.45) is 2.44. The van der Waals surface area contributed by atoms with Crippen molar-refractivity contribution >= 4 is 45.7 Å². The summed E-state index contributed by atoms with van der Waals surface area (Å²) in [5, 5.41) is 7.09. The zero-order valence-electron chi connectivity index (χ0n) is 31.5. The van der Waals surface area contributed by atoms with E-state index >= 15 is 0 Å². The molecular weight excluding hydrogens is 662 g/mol. The van der Waals surface area contributed by atoms with Crippen molar-refractivity contribution in [1.82, 2.24) is 29.7 Å². The number of benzene rings is 2. The van der Waals surface area contributed by atoms with E-state index in [1.165, 1.54) is 11.2 Å². The number of likely N-dealkylation sites (tertiary alicyclic amines) is 1. The van der Waals surface area contributed by atoms with Crippen LogP contribution >= 0.6 is 0 Å². The van der Waals surface area contributed by atoms with Gasteiger partial charge in [-0.3, -0.25) is 4.79 Å². The van der Waals surface area contributed by atoms with Gasteiger partial charge in [0.05, 0.1) is 29.5 Å². The molecule has 3 aliphatic rings. The molecule has 2 aromatic carbocycles. The molecule has 13 nitrogen and oxygen atoms in total. The summed E-state index contributed by atoms with van der Waals surface area (Å²) in [6, 6.07) is 12.5. The molecule has 1 saturated heterocycles. The second-order valence-electron chi connectivity index (χ2n) is 16.3. The van der Waals surface area contributed by atoms with Crippen LogP contribution in [0.5, 0.6) is 5.75 Å². The molecule has 1 atom stereocenters. The number of amides is 3. The molecule has 2 fully saturated rings. The van der Waals surface area contributed by atoms with Gasteiger partial charge in [0, 0.05) is 62.3 Å². The molecule has 2 aliphatic heterocycles. The third-order valence-corrected chi connectivity index (χ3v) is 10.1. The summed E-state index contributed by atoms with van der Waals surface area (Å²) < 4.78 is 21.2. The Kier molecular flexibility index (Phi) is 9.03. The van der Waals surface area contributed by atoms with Crippen molar-refractivity contribution in [2.45, 2.75) is 103 Å². The van der Waals surface area contributed by atoms with Crippen molar-refractivity contribution in [3.8, 4) is 17.3 Å². The van der Waals surface area contributed by atoms with E-state index in [9.17, 15) is 14.4 Å². The molecule has 0 spiro atoms. The maximum Gasteiger partial charge on any atom is 0.407 e. The largest absolute Gasteiger partial charge is 0.494 e. The number of fused-ring (bicyclic) bond motifs is 1. The number of rotatable bonds is 6. The SMILES string of the molecule is COc1cc(C(=O)N2CCC[C@@H](NC(=O)OC(C)(C)C)C2)cc2nc(-c3cc4cccc5c4n3CCN5C3CC(NC(=O)OC(C)(C)C)C3)n(C)c12. The topological polar surface area (TPSA) is 132 Å². The zero-order valence-corrected chi connectivity index (χ0v) is 31.5. The third-order valence-electron chi connectivity index (χ3n) is 10.1.